The maximum absolute atomic E-state index is 14.7. The summed E-state index contributed by atoms with van der Waals surface area (Å²) in [6, 6.07) is 6.08. The number of hydrogen-bond acceptors (Lipinski definition) is 5. The van der Waals surface area contributed by atoms with Crippen molar-refractivity contribution in [3.05, 3.63) is 68.3 Å². The van der Waals surface area contributed by atoms with Gasteiger partial charge in [-0.3, -0.25) is 14.9 Å². The number of halogens is 2. The molecule has 0 amide bonds. The van der Waals surface area contributed by atoms with Gasteiger partial charge in [0.15, 0.2) is 11.5 Å². The molecule has 0 N–H and O–H groups in total. The van der Waals surface area contributed by atoms with E-state index in [1.807, 2.05) is 0 Å². The van der Waals surface area contributed by atoms with Gasteiger partial charge in [-0.05, 0) is 31.2 Å². The first kappa shape index (κ1) is 19.1. The molecule has 0 atom stereocenters. The summed E-state index contributed by atoms with van der Waals surface area (Å²) in [7, 11) is 0. The van der Waals surface area contributed by atoms with E-state index in [2.05, 4.69) is 4.85 Å². The van der Waals surface area contributed by atoms with Crippen molar-refractivity contribution in [1.82, 2.24) is 0 Å². The summed E-state index contributed by atoms with van der Waals surface area (Å²) in [6.07, 6.45) is -0.406. The molecule has 2 aromatic carbocycles. The first-order valence-corrected chi connectivity index (χ1v) is 7.70. The summed E-state index contributed by atoms with van der Waals surface area (Å²) in [4.78, 5) is 25.1. The van der Waals surface area contributed by atoms with E-state index >= 15 is 0 Å². The minimum absolute atomic E-state index is 0.0428. The molecular formula is C17H12ClFN2O5. The number of nitro benzene ring substituents is 1. The zero-order chi connectivity index (χ0) is 19.3. The molecule has 0 aromatic heterocycles. The van der Waals surface area contributed by atoms with Crippen LogP contribution in [0.25, 0.3) is 4.85 Å². The van der Waals surface area contributed by atoms with Gasteiger partial charge in [0, 0.05) is 16.7 Å². The highest BCUT2D eigenvalue weighted by Gasteiger charge is 2.25. The first-order valence-electron chi connectivity index (χ1n) is 7.33. The highest BCUT2D eigenvalue weighted by molar-refractivity contribution is 6.31. The van der Waals surface area contributed by atoms with Crippen molar-refractivity contribution in [2.45, 2.75) is 13.3 Å². The molecule has 26 heavy (non-hydrogen) atoms. The first-order chi connectivity index (χ1) is 12.3. The maximum atomic E-state index is 14.7. The van der Waals surface area contributed by atoms with Gasteiger partial charge in [0.05, 0.1) is 24.5 Å². The van der Waals surface area contributed by atoms with Crippen LogP contribution in [0.3, 0.4) is 0 Å². The number of benzene rings is 2. The zero-order valence-electron chi connectivity index (χ0n) is 13.5. The monoisotopic (exact) mass is 378 g/mol. The van der Waals surface area contributed by atoms with Crippen molar-refractivity contribution < 1.29 is 23.6 Å². The van der Waals surface area contributed by atoms with E-state index in [4.69, 9.17) is 27.6 Å². The van der Waals surface area contributed by atoms with Gasteiger partial charge in [0.25, 0.3) is 0 Å². The van der Waals surface area contributed by atoms with Crippen LogP contribution in [-0.2, 0) is 16.0 Å². The van der Waals surface area contributed by atoms with Crippen LogP contribution in [0.5, 0.6) is 11.5 Å². The Bertz CT molecular complexity index is 911. The second-order valence-corrected chi connectivity index (χ2v) is 5.42. The van der Waals surface area contributed by atoms with Crippen molar-refractivity contribution in [2.75, 3.05) is 6.61 Å². The molecule has 7 nitrogen and oxygen atoms in total. The van der Waals surface area contributed by atoms with Crippen LogP contribution < -0.4 is 4.74 Å². The SMILES string of the molecule is [C-]#[N+]c1cc(Cl)cc(Oc2c([N+](=O)[O-])ccc(CC(=O)OCC)c2F)c1. The Balaban J connectivity index is 2.48. The van der Waals surface area contributed by atoms with Crippen molar-refractivity contribution >= 4 is 28.9 Å². The Kier molecular flexibility index (Phi) is 6.09. The van der Waals surface area contributed by atoms with E-state index < -0.39 is 34.6 Å². The number of carbonyl (C=O) groups excluding carboxylic acids is 1. The molecule has 0 radical (unpaired) electrons. The average molecular weight is 379 g/mol. The lowest BCUT2D eigenvalue weighted by molar-refractivity contribution is -0.385. The van der Waals surface area contributed by atoms with Gasteiger partial charge >= 0.3 is 11.7 Å². The fourth-order valence-electron chi connectivity index (χ4n) is 2.12. The fraction of sp³-hybridized carbons (Fsp3) is 0.176. The van der Waals surface area contributed by atoms with E-state index in [1.54, 1.807) is 6.92 Å². The molecule has 0 aliphatic heterocycles. The number of nitro groups is 1. The van der Waals surface area contributed by atoms with Gasteiger partial charge in [-0.25, -0.2) is 9.24 Å². The van der Waals surface area contributed by atoms with Crippen molar-refractivity contribution in [1.29, 1.82) is 0 Å². The van der Waals surface area contributed by atoms with Crippen molar-refractivity contribution in [3.8, 4) is 11.5 Å². The topological polar surface area (TPSA) is 83.0 Å². The molecule has 0 fully saturated rings. The molecular weight excluding hydrogens is 367 g/mol. The lowest BCUT2D eigenvalue weighted by atomic mass is 10.1. The maximum Gasteiger partial charge on any atom is 0.314 e. The molecule has 0 spiro atoms. The van der Waals surface area contributed by atoms with Crippen LogP contribution in [0.15, 0.2) is 30.3 Å². The fourth-order valence-corrected chi connectivity index (χ4v) is 2.34. The summed E-state index contributed by atoms with van der Waals surface area (Å²) in [6.45, 7) is 8.72. The Hall–Kier alpha value is -3.18. The third-order valence-corrected chi connectivity index (χ3v) is 3.42. The van der Waals surface area contributed by atoms with Crippen LogP contribution in [0.4, 0.5) is 15.8 Å². The predicted octanol–water partition coefficient (Wildman–Crippen LogP) is 4.84. The van der Waals surface area contributed by atoms with Gasteiger partial charge in [0.1, 0.15) is 5.75 Å². The van der Waals surface area contributed by atoms with Crippen molar-refractivity contribution in [3.63, 3.8) is 0 Å². The van der Waals surface area contributed by atoms with Crippen LogP contribution in [0.2, 0.25) is 5.02 Å². The van der Waals surface area contributed by atoms with E-state index in [0.717, 1.165) is 12.1 Å². The number of esters is 1. The lowest BCUT2D eigenvalue weighted by Gasteiger charge is -2.11. The van der Waals surface area contributed by atoms with Gasteiger partial charge < -0.3 is 9.47 Å². The molecule has 0 aliphatic rings. The number of nitrogens with zero attached hydrogens (tertiary/aromatic N) is 2. The standard InChI is InChI=1S/C17H12ClFN2O5/c1-3-25-15(22)6-10-4-5-14(21(23)24)17(16(10)19)26-13-8-11(18)7-12(9-13)20-2/h4-5,7-9H,3,6H2,1H3. The Morgan fingerprint density at radius 1 is 1.38 bits per heavy atom. The second kappa shape index (κ2) is 8.27. The highest BCUT2D eigenvalue weighted by Crippen LogP contribution is 2.38. The van der Waals surface area contributed by atoms with Gasteiger partial charge in [-0.2, -0.15) is 0 Å². The predicted molar refractivity (Wildman–Crippen MR) is 91.2 cm³/mol. The molecule has 9 heteroatoms. The van der Waals surface area contributed by atoms with E-state index in [-0.39, 0.29) is 28.6 Å². The molecule has 0 saturated heterocycles. The molecule has 0 aliphatic carbocycles. The van der Waals surface area contributed by atoms with E-state index in [9.17, 15) is 19.3 Å². The molecule has 0 heterocycles. The largest absolute Gasteiger partial charge is 0.466 e. The Morgan fingerprint density at radius 3 is 2.73 bits per heavy atom. The normalized spacial score (nSPS) is 10.1. The average Bonchev–Trinajstić information content (AvgIpc) is 2.57. The second-order valence-electron chi connectivity index (χ2n) is 4.98. The lowest BCUT2D eigenvalue weighted by Crippen LogP contribution is -2.10. The molecule has 134 valence electrons. The summed E-state index contributed by atoms with van der Waals surface area (Å²) >= 11 is 5.86. The minimum Gasteiger partial charge on any atom is -0.466 e. The summed E-state index contributed by atoms with van der Waals surface area (Å²) in [5.41, 5.74) is -0.617. The van der Waals surface area contributed by atoms with Gasteiger partial charge in [0.2, 0.25) is 5.75 Å². The minimum atomic E-state index is -1.06. The van der Waals surface area contributed by atoms with Gasteiger partial charge in [-0.1, -0.05) is 11.6 Å². The molecule has 0 unspecified atom stereocenters. The third kappa shape index (κ3) is 4.46. The van der Waals surface area contributed by atoms with Crippen LogP contribution in [-0.4, -0.2) is 17.5 Å². The van der Waals surface area contributed by atoms with Crippen molar-refractivity contribution in [2.24, 2.45) is 0 Å². The smallest absolute Gasteiger partial charge is 0.314 e. The third-order valence-electron chi connectivity index (χ3n) is 3.20. The molecule has 0 bridgehead atoms. The highest BCUT2D eigenvalue weighted by atomic mass is 35.5. The number of ether oxygens (including phenoxy) is 2. The molecule has 2 aromatic rings. The molecule has 2 rings (SSSR count). The van der Waals surface area contributed by atoms with Crippen LogP contribution in [0, 0.1) is 22.5 Å². The zero-order valence-corrected chi connectivity index (χ0v) is 14.2. The summed E-state index contributed by atoms with van der Waals surface area (Å²) < 4.78 is 24.8. The van der Waals surface area contributed by atoms with Crippen LogP contribution in [0.1, 0.15) is 12.5 Å². The summed E-state index contributed by atoms with van der Waals surface area (Å²) in [5.74, 6) is -2.45. The van der Waals surface area contributed by atoms with E-state index in [0.29, 0.717) is 0 Å². The molecule has 0 saturated carbocycles. The summed E-state index contributed by atoms with van der Waals surface area (Å²) in [5, 5.41) is 11.3. The Morgan fingerprint density at radius 2 is 2.12 bits per heavy atom. The van der Waals surface area contributed by atoms with Crippen LogP contribution >= 0.6 is 11.6 Å². The van der Waals surface area contributed by atoms with E-state index in [1.165, 1.54) is 18.2 Å². The number of rotatable bonds is 6. The number of carbonyl (C=O) groups is 1. The number of hydrogen-bond donors (Lipinski definition) is 0. The Labute approximate surface area is 152 Å². The quantitative estimate of drug-likeness (QED) is 0.311. The van der Waals surface area contributed by atoms with Gasteiger partial charge in [-0.15, -0.1) is 0 Å².